The predicted octanol–water partition coefficient (Wildman–Crippen LogP) is 9.18. The molecule has 0 heterocycles. The zero-order valence-electron chi connectivity index (χ0n) is 29.4. The first-order chi connectivity index (χ1) is 21.2. The fourth-order valence-electron chi connectivity index (χ4n) is 9.37. The molecule has 4 aliphatic rings. The van der Waals surface area contributed by atoms with E-state index < -0.39 is 38.3 Å². The minimum absolute atomic E-state index is 0.179. The number of fused-ring (bicyclic) bond motifs is 5. The summed E-state index contributed by atoms with van der Waals surface area (Å²) in [6, 6.07) is 0. The summed E-state index contributed by atoms with van der Waals surface area (Å²) in [4.78, 5) is 24.5. The second-order valence-corrected chi connectivity index (χ2v) is 19.7. The first kappa shape index (κ1) is 35.4. The topological polar surface area (TPSA) is 89.5 Å². The van der Waals surface area contributed by atoms with Gasteiger partial charge in [-0.05, 0) is 92.8 Å². The van der Waals surface area contributed by atoms with E-state index in [2.05, 4.69) is 65.6 Å². The molecule has 254 valence electrons. The molecule has 9 heteroatoms. The van der Waals surface area contributed by atoms with E-state index in [-0.39, 0.29) is 11.3 Å². The zero-order chi connectivity index (χ0) is 33.2. The molecule has 0 aromatic heterocycles. The van der Waals surface area contributed by atoms with Crippen LogP contribution in [0.3, 0.4) is 0 Å². The first-order valence-electron chi connectivity index (χ1n) is 17.1. The number of unbranched alkanes of at least 4 members (excludes halogenated alkanes) is 1. The minimum atomic E-state index is -1.80. The van der Waals surface area contributed by atoms with Gasteiger partial charge in [0.1, 0.15) is 12.2 Å². The highest BCUT2D eigenvalue weighted by Crippen LogP contribution is 2.67. The van der Waals surface area contributed by atoms with E-state index in [0.29, 0.717) is 42.5 Å². The number of rotatable bonds is 11. The van der Waals surface area contributed by atoms with Gasteiger partial charge in [-0.25, -0.2) is 9.59 Å². The molecule has 0 amide bonds. The molecule has 3 fully saturated rings. The molecular formula is C36H58O8Si. The lowest BCUT2D eigenvalue weighted by Crippen LogP contribution is -2.54. The Balaban J connectivity index is 1.64. The maximum atomic E-state index is 12.5. The fourth-order valence-corrected chi connectivity index (χ4v) is 10.1. The molecule has 0 radical (unpaired) electrons. The van der Waals surface area contributed by atoms with E-state index in [1.807, 2.05) is 0 Å². The van der Waals surface area contributed by atoms with Crippen molar-refractivity contribution < 1.29 is 37.7 Å². The van der Waals surface area contributed by atoms with E-state index in [4.69, 9.17) is 28.1 Å². The van der Waals surface area contributed by atoms with E-state index in [1.165, 1.54) is 39.1 Å². The van der Waals surface area contributed by atoms with Crippen molar-refractivity contribution in [2.24, 2.45) is 40.4 Å². The molecule has 3 saturated carbocycles. The van der Waals surface area contributed by atoms with E-state index in [1.54, 1.807) is 7.11 Å². The highest BCUT2D eigenvalue weighted by atomic mass is 28.4. The van der Waals surface area contributed by atoms with Gasteiger partial charge in [-0.1, -0.05) is 63.8 Å². The standard InChI is InChI=1S/C36H58O8Si/c1-11-12-13-24(20-32(39-5)44-45(8,9)10)23(2)28-16-17-29-27-15-14-25-21-26(42-33(37)40-6)22-31(43-34(38)41-7)36(25,4)30(27)18-19-35(28,29)3/h14-15,20,23-24,26,28-31H,11-13,16-19,21-22H2,1-10H3/b32-20+/t23-,24+,26+,28+,29-,30-,31-,35+,36-/m0/s1. The van der Waals surface area contributed by atoms with Crippen LogP contribution in [0.4, 0.5) is 9.59 Å². The average molecular weight is 647 g/mol. The van der Waals surface area contributed by atoms with Crippen LogP contribution in [0.1, 0.15) is 85.5 Å². The molecule has 4 aliphatic carbocycles. The SMILES string of the molecule is CCCC[C@H](/C=C(\OC)O[Si](C)(C)C)[C@H](C)[C@H]1CC[C@H]2C3=CC=C4C[C@@H](OC(=O)OC)C[C@H](OC(=O)OC)[C@]4(C)[C@H]3CC[C@]12C. The molecule has 4 rings (SSSR count). The fraction of sp³-hybridized carbons (Fsp3) is 0.778. The van der Waals surface area contributed by atoms with Crippen LogP contribution in [0, 0.1) is 40.4 Å². The van der Waals surface area contributed by atoms with E-state index in [0.717, 1.165) is 31.3 Å². The summed E-state index contributed by atoms with van der Waals surface area (Å²) in [6.45, 7) is 16.1. The van der Waals surface area contributed by atoms with Crippen molar-refractivity contribution in [3.05, 3.63) is 35.3 Å². The van der Waals surface area contributed by atoms with Gasteiger partial charge in [0.15, 0.2) is 0 Å². The van der Waals surface area contributed by atoms with Gasteiger partial charge in [-0.15, -0.1) is 0 Å². The van der Waals surface area contributed by atoms with Gasteiger partial charge in [0, 0.05) is 18.3 Å². The first-order valence-corrected chi connectivity index (χ1v) is 20.5. The van der Waals surface area contributed by atoms with Crippen molar-refractivity contribution in [3.63, 3.8) is 0 Å². The molecular weight excluding hydrogens is 588 g/mol. The minimum Gasteiger partial charge on any atom is -0.520 e. The van der Waals surface area contributed by atoms with Crippen LogP contribution in [0.25, 0.3) is 0 Å². The summed E-state index contributed by atoms with van der Waals surface area (Å²) in [6.07, 6.45) is 13.5. The lowest BCUT2D eigenvalue weighted by atomic mass is 9.49. The Morgan fingerprint density at radius 1 is 0.978 bits per heavy atom. The van der Waals surface area contributed by atoms with Gasteiger partial charge < -0.3 is 28.1 Å². The molecule has 0 aliphatic heterocycles. The Bertz CT molecular complexity index is 1170. The van der Waals surface area contributed by atoms with Crippen LogP contribution >= 0.6 is 0 Å². The Kier molecular flexibility index (Phi) is 11.1. The predicted molar refractivity (Wildman–Crippen MR) is 177 cm³/mol. The van der Waals surface area contributed by atoms with Crippen LogP contribution in [0.2, 0.25) is 19.6 Å². The second kappa shape index (κ2) is 14.1. The zero-order valence-corrected chi connectivity index (χ0v) is 30.4. The lowest BCUT2D eigenvalue weighted by Gasteiger charge is -2.57. The summed E-state index contributed by atoms with van der Waals surface area (Å²) < 4.78 is 33.4. The van der Waals surface area contributed by atoms with Crippen LogP contribution in [0.5, 0.6) is 0 Å². The van der Waals surface area contributed by atoms with Crippen molar-refractivity contribution in [1.29, 1.82) is 0 Å². The Hall–Kier alpha value is -2.42. The van der Waals surface area contributed by atoms with Crippen molar-refractivity contribution in [3.8, 4) is 0 Å². The van der Waals surface area contributed by atoms with Crippen LogP contribution in [-0.2, 0) is 28.1 Å². The number of carbonyl (C=O) groups excluding carboxylic acids is 2. The molecule has 0 bridgehead atoms. The molecule has 45 heavy (non-hydrogen) atoms. The second-order valence-electron chi connectivity index (χ2n) is 15.2. The van der Waals surface area contributed by atoms with Gasteiger partial charge in [-0.2, -0.15) is 0 Å². The van der Waals surface area contributed by atoms with Gasteiger partial charge in [0.2, 0.25) is 8.32 Å². The van der Waals surface area contributed by atoms with Crippen molar-refractivity contribution in [2.45, 2.75) is 117 Å². The normalized spacial score (nSPS) is 34.1. The lowest BCUT2D eigenvalue weighted by molar-refractivity contribution is -0.0833. The third kappa shape index (κ3) is 7.28. The molecule has 0 saturated heterocycles. The molecule has 8 nitrogen and oxygen atoms in total. The van der Waals surface area contributed by atoms with E-state index in [9.17, 15) is 9.59 Å². The molecule has 9 atom stereocenters. The molecule has 0 spiro atoms. The molecule has 0 N–H and O–H groups in total. The van der Waals surface area contributed by atoms with Crippen molar-refractivity contribution in [2.75, 3.05) is 21.3 Å². The molecule has 0 unspecified atom stereocenters. The monoisotopic (exact) mass is 646 g/mol. The Morgan fingerprint density at radius 2 is 1.67 bits per heavy atom. The molecule has 0 aromatic rings. The summed E-state index contributed by atoms with van der Waals surface area (Å²) in [5.41, 5.74) is 2.44. The van der Waals surface area contributed by atoms with Gasteiger partial charge in [0.05, 0.1) is 21.3 Å². The Morgan fingerprint density at radius 3 is 2.29 bits per heavy atom. The summed E-state index contributed by atoms with van der Waals surface area (Å²) in [5, 5.41) is 0. The summed E-state index contributed by atoms with van der Waals surface area (Å²) >= 11 is 0. The third-order valence-corrected chi connectivity index (χ3v) is 12.5. The third-order valence-electron chi connectivity index (χ3n) is 11.7. The highest BCUT2D eigenvalue weighted by molar-refractivity contribution is 6.70. The van der Waals surface area contributed by atoms with Crippen molar-refractivity contribution >= 4 is 20.6 Å². The van der Waals surface area contributed by atoms with Gasteiger partial charge in [-0.3, -0.25) is 0 Å². The van der Waals surface area contributed by atoms with Gasteiger partial charge >= 0.3 is 12.3 Å². The number of carbonyl (C=O) groups is 2. The Labute approximate surface area is 272 Å². The number of allylic oxidation sites excluding steroid dienone is 4. The van der Waals surface area contributed by atoms with Gasteiger partial charge in [0.25, 0.3) is 5.95 Å². The quantitative estimate of drug-likeness (QED) is 0.125. The maximum Gasteiger partial charge on any atom is 0.508 e. The largest absolute Gasteiger partial charge is 0.520 e. The summed E-state index contributed by atoms with van der Waals surface area (Å²) in [7, 11) is 2.57. The maximum absolute atomic E-state index is 12.5. The smallest absolute Gasteiger partial charge is 0.508 e. The highest BCUT2D eigenvalue weighted by Gasteiger charge is 2.60. The van der Waals surface area contributed by atoms with Crippen LogP contribution < -0.4 is 0 Å². The summed E-state index contributed by atoms with van der Waals surface area (Å²) in [5.74, 6) is 2.87. The van der Waals surface area contributed by atoms with E-state index >= 15 is 0 Å². The average Bonchev–Trinajstić information content (AvgIpc) is 3.35. The molecule has 0 aromatic carbocycles. The number of hydrogen-bond acceptors (Lipinski definition) is 8. The number of methoxy groups -OCH3 is 3. The number of ether oxygens (including phenoxy) is 5. The van der Waals surface area contributed by atoms with Crippen molar-refractivity contribution in [1.82, 2.24) is 0 Å². The number of hydrogen-bond donors (Lipinski definition) is 0. The van der Waals surface area contributed by atoms with Crippen LogP contribution in [0.15, 0.2) is 35.3 Å². The van der Waals surface area contributed by atoms with Crippen LogP contribution in [-0.4, -0.2) is 54.2 Å².